The van der Waals surface area contributed by atoms with E-state index < -0.39 is 0 Å². The summed E-state index contributed by atoms with van der Waals surface area (Å²) in [6, 6.07) is 10.4. The third-order valence-electron chi connectivity index (χ3n) is 2.31. The van der Waals surface area contributed by atoms with Gasteiger partial charge in [0, 0.05) is 11.9 Å². The van der Waals surface area contributed by atoms with E-state index in [1.807, 2.05) is 19.1 Å². The van der Waals surface area contributed by atoms with Crippen molar-refractivity contribution in [3.05, 3.63) is 54.1 Å². The minimum absolute atomic E-state index is 0.209. The maximum atomic E-state index is 12.7. The van der Waals surface area contributed by atoms with Gasteiger partial charge < -0.3 is 4.74 Å². The van der Waals surface area contributed by atoms with Crippen LogP contribution in [0.4, 0.5) is 4.39 Å². The smallest absolute Gasteiger partial charge is 0.293 e. The lowest BCUT2D eigenvalue weighted by atomic mass is 10.1. The van der Waals surface area contributed by atoms with Crippen molar-refractivity contribution in [1.29, 1.82) is 0 Å². The number of rotatable bonds is 3. The maximum Gasteiger partial charge on any atom is 0.293 e. The molecule has 0 saturated carbocycles. The summed E-state index contributed by atoms with van der Waals surface area (Å²) >= 11 is 0. The minimum Gasteiger partial charge on any atom is -0.468 e. The van der Waals surface area contributed by atoms with Crippen LogP contribution in [0, 0.1) is 12.7 Å². The number of aryl methyl sites for hydroxylation is 1. The Morgan fingerprint density at radius 1 is 1.21 bits per heavy atom. The molecule has 1 aromatic carbocycles. The molecule has 2 rings (SSSR count). The van der Waals surface area contributed by atoms with Crippen molar-refractivity contribution < 1.29 is 13.9 Å². The summed E-state index contributed by atoms with van der Waals surface area (Å²) in [5.74, 6) is -0.209. The van der Waals surface area contributed by atoms with Gasteiger partial charge in [0.2, 0.25) is 0 Å². The normalized spacial score (nSPS) is 9.21. The summed E-state index contributed by atoms with van der Waals surface area (Å²) in [5.41, 5.74) is 3.04. The van der Waals surface area contributed by atoms with Crippen LogP contribution >= 0.6 is 0 Å². The molecule has 0 unspecified atom stereocenters. The van der Waals surface area contributed by atoms with E-state index in [-0.39, 0.29) is 5.82 Å². The Hall–Kier alpha value is -2.23. The number of benzene rings is 1. The van der Waals surface area contributed by atoms with Crippen LogP contribution in [0.3, 0.4) is 0 Å². The van der Waals surface area contributed by atoms with Gasteiger partial charge in [0.1, 0.15) is 5.82 Å². The van der Waals surface area contributed by atoms with E-state index in [2.05, 4.69) is 9.72 Å². The molecule has 0 radical (unpaired) electrons. The minimum atomic E-state index is -0.209. The summed E-state index contributed by atoms with van der Waals surface area (Å²) in [7, 11) is 0. The molecule has 0 saturated heterocycles. The zero-order valence-corrected chi connectivity index (χ0v) is 11.0. The molecular weight excluding hydrogens is 245 g/mol. The monoisotopic (exact) mass is 261 g/mol. The number of pyridine rings is 1. The van der Waals surface area contributed by atoms with E-state index >= 15 is 0 Å². The molecule has 2 aromatic rings. The van der Waals surface area contributed by atoms with Gasteiger partial charge in [-0.3, -0.25) is 9.78 Å². The number of nitrogens with zero attached hydrogens (tertiary/aromatic N) is 1. The van der Waals surface area contributed by atoms with Crippen molar-refractivity contribution in [3.8, 4) is 11.1 Å². The lowest BCUT2D eigenvalue weighted by molar-refractivity contribution is -0.128. The van der Waals surface area contributed by atoms with E-state index in [0.29, 0.717) is 13.1 Å². The zero-order chi connectivity index (χ0) is 14.1. The van der Waals surface area contributed by atoms with Crippen molar-refractivity contribution in [1.82, 2.24) is 4.98 Å². The Morgan fingerprint density at radius 3 is 2.37 bits per heavy atom. The summed E-state index contributed by atoms with van der Waals surface area (Å²) in [4.78, 5) is 13.3. The number of halogens is 1. The molecule has 19 heavy (non-hydrogen) atoms. The molecule has 0 spiro atoms. The second-order valence-electron chi connectivity index (χ2n) is 3.74. The van der Waals surface area contributed by atoms with E-state index in [9.17, 15) is 9.18 Å². The Morgan fingerprint density at radius 2 is 1.89 bits per heavy atom. The first-order valence-corrected chi connectivity index (χ1v) is 5.91. The third-order valence-corrected chi connectivity index (χ3v) is 2.31. The summed E-state index contributed by atoms with van der Waals surface area (Å²) in [6.07, 6.45) is 1.76. The maximum absolute atomic E-state index is 12.7. The molecule has 1 heterocycles. The zero-order valence-electron chi connectivity index (χ0n) is 11.0. The summed E-state index contributed by atoms with van der Waals surface area (Å²) in [5, 5.41) is 0. The lowest BCUT2D eigenvalue weighted by Gasteiger charge is -2.01. The fourth-order valence-corrected chi connectivity index (χ4v) is 1.44. The third kappa shape index (κ3) is 5.29. The molecule has 0 N–H and O–H groups in total. The molecule has 3 nitrogen and oxygen atoms in total. The van der Waals surface area contributed by atoms with Crippen LogP contribution in [0.15, 0.2) is 42.6 Å². The van der Waals surface area contributed by atoms with Crippen LogP contribution in [0.5, 0.6) is 0 Å². The predicted molar refractivity (Wildman–Crippen MR) is 72.1 cm³/mol. The number of hydrogen-bond donors (Lipinski definition) is 0. The average Bonchev–Trinajstić information content (AvgIpc) is 2.41. The Bertz CT molecular complexity index is 512. The number of carbonyl (C=O) groups is 1. The molecule has 100 valence electrons. The molecule has 0 fully saturated rings. The van der Waals surface area contributed by atoms with Gasteiger partial charge in [0.25, 0.3) is 6.47 Å². The quantitative estimate of drug-likeness (QED) is 0.795. The molecule has 0 amide bonds. The molecule has 0 bridgehead atoms. The van der Waals surface area contributed by atoms with Crippen molar-refractivity contribution >= 4 is 6.47 Å². The second kappa shape index (κ2) is 7.97. The number of ether oxygens (including phenoxy) is 1. The van der Waals surface area contributed by atoms with Crippen molar-refractivity contribution in [2.24, 2.45) is 0 Å². The van der Waals surface area contributed by atoms with E-state index in [1.165, 1.54) is 12.1 Å². The van der Waals surface area contributed by atoms with Gasteiger partial charge in [-0.2, -0.15) is 0 Å². The number of hydrogen-bond acceptors (Lipinski definition) is 3. The lowest BCUT2D eigenvalue weighted by Crippen LogP contribution is -1.83. The SMILES string of the molecule is CCOC=O.Cc1cc(-c2ccc(F)cc2)ccn1. The number of carbonyl (C=O) groups excluding carboxylic acids is 1. The molecule has 0 aliphatic rings. The molecule has 0 atom stereocenters. The van der Waals surface area contributed by atoms with Gasteiger partial charge in [-0.1, -0.05) is 12.1 Å². The van der Waals surface area contributed by atoms with Gasteiger partial charge in [-0.05, 0) is 49.2 Å². The number of aromatic nitrogens is 1. The fourth-order valence-electron chi connectivity index (χ4n) is 1.44. The highest BCUT2D eigenvalue weighted by molar-refractivity contribution is 5.63. The highest BCUT2D eigenvalue weighted by atomic mass is 19.1. The molecular formula is C15H16FNO2. The Labute approximate surface area is 112 Å². The van der Waals surface area contributed by atoms with Crippen molar-refractivity contribution in [3.63, 3.8) is 0 Å². The summed E-state index contributed by atoms with van der Waals surface area (Å²) in [6.45, 7) is 4.60. The van der Waals surface area contributed by atoms with Crippen LogP contribution in [-0.2, 0) is 9.53 Å². The van der Waals surface area contributed by atoms with Gasteiger partial charge in [0.15, 0.2) is 0 Å². The van der Waals surface area contributed by atoms with Gasteiger partial charge in [-0.25, -0.2) is 4.39 Å². The predicted octanol–water partition coefficient (Wildman–Crippen LogP) is 3.38. The summed E-state index contributed by atoms with van der Waals surface area (Å²) < 4.78 is 16.8. The first kappa shape index (κ1) is 14.8. The van der Waals surface area contributed by atoms with Gasteiger partial charge in [-0.15, -0.1) is 0 Å². The topological polar surface area (TPSA) is 39.2 Å². The second-order valence-corrected chi connectivity index (χ2v) is 3.74. The average molecular weight is 261 g/mol. The van der Waals surface area contributed by atoms with Crippen molar-refractivity contribution in [2.75, 3.05) is 6.61 Å². The Kier molecular flexibility index (Phi) is 6.22. The highest BCUT2D eigenvalue weighted by Gasteiger charge is 1.97. The van der Waals surface area contributed by atoms with Crippen LogP contribution in [0.1, 0.15) is 12.6 Å². The first-order chi connectivity index (χ1) is 9.17. The Balaban J connectivity index is 0.000000312. The standard InChI is InChI=1S/C12H10FN.C3H6O2/c1-9-8-11(6-7-14-9)10-2-4-12(13)5-3-10;1-2-5-3-4/h2-8H,1H3;3H,2H2,1H3. The fraction of sp³-hybridized carbons (Fsp3) is 0.200. The molecule has 0 aliphatic heterocycles. The van der Waals surface area contributed by atoms with Crippen LogP contribution in [0.2, 0.25) is 0 Å². The van der Waals surface area contributed by atoms with E-state index in [4.69, 9.17) is 0 Å². The molecule has 1 aromatic heterocycles. The van der Waals surface area contributed by atoms with Crippen LogP contribution in [0.25, 0.3) is 11.1 Å². The van der Waals surface area contributed by atoms with E-state index in [1.54, 1.807) is 25.3 Å². The van der Waals surface area contributed by atoms with E-state index in [0.717, 1.165) is 16.8 Å². The molecule has 0 aliphatic carbocycles. The molecule has 4 heteroatoms. The van der Waals surface area contributed by atoms with Crippen molar-refractivity contribution in [2.45, 2.75) is 13.8 Å². The highest BCUT2D eigenvalue weighted by Crippen LogP contribution is 2.19. The van der Waals surface area contributed by atoms with Gasteiger partial charge >= 0.3 is 0 Å². The van der Waals surface area contributed by atoms with Gasteiger partial charge in [0.05, 0.1) is 6.61 Å². The van der Waals surface area contributed by atoms with Crippen LogP contribution < -0.4 is 0 Å². The van der Waals surface area contributed by atoms with Crippen LogP contribution in [-0.4, -0.2) is 18.1 Å². The first-order valence-electron chi connectivity index (χ1n) is 5.91. The largest absolute Gasteiger partial charge is 0.468 e.